The van der Waals surface area contributed by atoms with Crippen molar-refractivity contribution in [2.24, 2.45) is 0 Å². The summed E-state index contributed by atoms with van der Waals surface area (Å²) >= 11 is 0. The van der Waals surface area contributed by atoms with Crippen LogP contribution in [0.1, 0.15) is 38.0 Å². The highest BCUT2D eigenvalue weighted by Gasteiger charge is 2.28. The number of carbonyl (C=O) groups excluding carboxylic acids is 1. The van der Waals surface area contributed by atoms with Crippen LogP contribution in [0.15, 0.2) is 54.6 Å². The van der Waals surface area contributed by atoms with Gasteiger partial charge in [0.15, 0.2) is 0 Å². The Bertz CT molecular complexity index is 609. The molecule has 22 heavy (non-hydrogen) atoms. The number of rotatable bonds is 4. The Morgan fingerprint density at radius 1 is 0.955 bits per heavy atom. The van der Waals surface area contributed by atoms with Gasteiger partial charge in [-0.1, -0.05) is 48.0 Å². The molecule has 3 nitrogen and oxygen atoms in total. The lowest BCUT2D eigenvalue weighted by Gasteiger charge is -2.24. The van der Waals surface area contributed by atoms with Gasteiger partial charge >= 0.3 is 5.97 Å². The fourth-order valence-electron chi connectivity index (χ4n) is 1.99. The summed E-state index contributed by atoms with van der Waals surface area (Å²) in [6, 6.07) is 17.0. The average Bonchev–Trinajstić information content (AvgIpc) is 2.45. The molecule has 0 bridgehead atoms. The Balaban J connectivity index is 2.25. The topological polar surface area (TPSA) is 35.5 Å². The van der Waals surface area contributed by atoms with E-state index in [0.29, 0.717) is 5.75 Å². The van der Waals surface area contributed by atoms with E-state index in [-0.39, 0.29) is 5.97 Å². The Hall–Kier alpha value is -2.29. The molecule has 0 amide bonds. The maximum atomic E-state index is 12.5. The minimum absolute atomic E-state index is 0.390. The van der Waals surface area contributed by atoms with Crippen molar-refractivity contribution >= 4 is 5.97 Å². The van der Waals surface area contributed by atoms with Crippen molar-refractivity contribution < 1.29 is 14.3 Å². The second-order valence-corrected chi connectivity index (χ2v) is 6.26. The maximum absolute atomic E-state index is 12.5. The number of carbonyl (C=O) groups is 1. The molecule has 0 aliphatic rings. The van der Waals surface area contributed by atoms with E-state index in [0.717, 1.165) is 11.1 Å². The normalized spacial score (nSPS) is 12.5. The number of aryl methyl sites for hydroxylation is 1. The highest BCUT2D eigenvalue weighted by atomic mass is 16.6. The molecule has 0 spiro atoms. The first-order valence-electron chi connectivity index (χ1n) is 7.36. The first-order chi connectivity index (χ1) is 10.3. The molecule has 2 aromatic rings. The molecule has 116 valence electrons. The molecule has 0 N–H and O–H groups in total. The van der Waals surface area contributed by atoms with Gasteiger partial charge in [-0.05, 0) is 39.8 Å². The monoisotopic (exact) mass is 298 g/mol. The van der Waals surface area contributed by atoms with Gasteiger partial charge in [0.1, 0.15) is 11.4 Å². The lowest BCUT2D eigenvalue weighted by molar-refractivity contribution is -0.163. The van der Waals surface area contributed by atoms with Gasteiger partial charge in [-0.25, -0.2) is 4.79 Å². The molecule has 3 heteroatoms. The predicted octanol–water partition coefficient (Wildman–Crippen LogP) is 4.46. The van der Waals surface area contributed by atoms with Crippen LogP contribution in [-0.4, -0.2) is 11.6 Å². The molecule has 0 radical (unpaired) electrons. The van der Waals surface area contributed by atoms with E-state index in [2.05, 4.69) is 0 Å². The molecule has 0 saturated heterocycles. The zero-order chi connectivity index (χ0) is 16.2. The smallest absolute Gasteiger partial charge is 0.352 e. The standard InChI is InChI=1S/C19H22O3/c1-14-10-12-16(13-11-14)21-17(15-8-6-5-7-9-15)18(20)22-19(2,3)4/h5-13,17H,1-4H3. The molecule has 0 aromatic heterocycles. The quantitative estimate of drug-likeness (QED) is 0.782. The summed E-state index contributed by atoms with van der Waals surface area (Å²) in [4.78, 5) is 12.5. The highest BCUT2D eigenvalue weighted by Crippen LogP contribution is 2.25. The average molecular weight is 298 g/mol. The molecule has 0 aliphatic carbocycles. The van der Waals surface area contributed by atoms with E-state index in [9.17, 15) is 4.79 Å². The molecule has 0 fully saturated rings. The van der Waals surface area contributed by atoms with Gasteiger partial charge in [-0.15, -0.1) is 0 Å². The SMILES string of the molecule is Cc1ccc(OC(C(=O)OC(C)(C)C)c2ccccc2)cc1. The van der Waals surface area contributed by atoms with E-state index in [1.54, 1.807) is 0 Å². The van der Waals surface area contributed by atoms with Gasteiger partial charge in [0, 0.05) is 5.56 Å². The molecule has 1 atom stereocenters. The van der Waals surface area contributed by atoms with Crippen LogP contribution >= 0.6 is 0 Å². The Morgan fingerprint density at radius 3 is 2.09 bits per heavy atom. The van der Waals surface area contributed by atoms with Gasteiger partial charge in [0.2, 0.25) is 6.10 Å². The Labute approximate surface area is 131 Å². The molecule has 2 rings (SSSR count). The third-order valence-electron chi connectivity index (χ3n) is 3.00. The van der Waals surface area contributed by atoms with Crippen molar-refractivity contribution in [2.45, 2.75) is 39.4 Å². The van der Waals surface area contributed by atoms with Crippen molar-refractivity contribution in [2.75, 3.05) is 0 Å². The van der Waals surface area contributed by atoms with Crippen molar-refractivity contribution in [3.63, 3.8) is 0 Å². The second-order valence-electron chi connectivity index (χ2n) is 6.26. The first-order valence-corrected chi connectivity index (χ1v) is 7.36. The lowest BCUT2D eigenvalue weighted by Crippen LogP contribution is -2.30. The molecule has 1 unspecified atom stereocenters. The van der Waals surface area contributed by atoms with Crippen LogP contribution in [0, 0.1) is 6.92 Å². The Morgan fingerprint density at radius 2 is 1.55 bits per heavy atom. The van der Waals surface area contributed by atoms with Crippen LogP contribution in [-0.2, 0) is 9.53 Å². The van der Waals surface area contributed by atoms with E-state index in [1.807, 2.05) is 82.3 Å². The molecule has 2 aromatic carbocycles. The fraction of sp³-hybridized carbons (Fsp3) is 0.316. The van der Waals surface area contributed by atoms with E-state index in [1.165, 1.54) is 0 Å². The fourth-order valence-corrected chi connectivity index (χ4v) is 1.99. The number of ether oxygens (including phenoxy) is 2. The molecular formula is C19H22O3. The van der Waals surface area contributed by atoms with E-state index >= 15 is 0 Å². The summed E-state index contributed by atoms with van der Waals surface area (Å²) < 4.78 is 11.4. The predicted molar refractivity (Wildman–Crippen MR) is 86.8 cm³/mol. The summed E-state index contributed by atoms with van der Waals surface area (Å²) in [7, 11) is 0. The first kappa shape index (κ1) is 16.1. The van der Waals surface area contributed by atoms with Gasteiger partial charge < -0.3 is 9.47 Å². The van der Waals surface area contributed by atoms with Gasteiger partial charge in [-0.3, -0.25) is 0 Å². The summed E-state index contributed by atoms with van der Waals surface area (Å²) in [5.74, 6) is 0.254. The van der Waals surface area contributed by atoms with Crippen molar-refractivity contribution in [3.8, 4) is 5.75 Å². The minimum atomic E-state index is -0.775. The van der Waals surface area contributed by atoms with Gasteiger partial charge in [-0.2, -0.15) is 0 Å². The zero-order valence-corrected chi connectivity index (χ0v) is 13.5. The molecule has 0 saturated carbocycles. The van der Waals surface area contributed by atoms with Crippen molar-refractivity contribution in [1.82, 2.24) is 0 Å². The van der Waals surface area contributed by atoms with Crippen molar-refractivity contribution in [3.05, 3.63) is 65.7 Å². The lowest BCUT2D eigenvalue weighted by atomic mass is 10.1. The van der Waals surface area contributed by atoms with Gasteiger partial charge in [0.25, 0.3) is 0 Å². The highest BCUT2D eigenvalue weighted by molar-refractivity contribution is 5.77. The summed E-state index contributed by atoms with van der Waals surface area (Å²) in [5.41, 5.74) is 1.36. The van der Waals surface area contributed by atoms with Crippen LogP contribution in [0.5, 0.6) is 5.75 Å². The molecule has 0 heterocycles. The van der Waals surface area contributed by atoms with Crippen LogP contribution in [0.25, 0.3) is 0 Å². The number of esters is 1. The van der Waals surface area contributed by atoms with Crippen LogP contribution in [0.4, 0.5) is 0 Å². The third kappa shape index (κ3) is 4.62. The molecule has 0 aliphatic heterocycles. The maximum Gasteiger partial charge on any atom is 0.352 e. The second kappa shape index (κ2) is 6.65. The summed E-state index contributed by atoms with van der Waals surface area (Å²) in [5, 5.41) is 0. The van der Waals surface area contributed by atoms with Crippen LogP contribution < -0.4 is 4.74 Å². The summed E-state index contributed by atoms with van der Waals surface area (Å²) in [6.45, 7) is 7.54. The van der Waals surface area contributed by atoms with Crippen LogP contribution in [0.2, 0.25) is 0 Å². The molecular weight excluding hydrogens is 276 g/mol. The number of benzene rings is 2. The zero-order valence-electron chi connectivity index (χ0n) is 13.5. The summed E-state index contributed by atoms with van der Waals surface area (Å²) in [6.07, 6.45) is -0.775. The minimum Gasteiger partial charge on any atom is -0.474 e. The third-order valence-corrected chi connectivity index (χ3v) is 3.00. The Kier molecular flexibility index (Phi) is 4.86. The van der Waals surface area contributed by atoms with Gasteiger partial charge in [0.05, 0.1) is 0 Å². The largest absolute Gasteiger partial charge is 0.474 e. The van der Waals surface area contributed by atoms with E-state index < -0.39 is 11.7 Å². The number of hydrogen-bond donors (Lipinski definition) is 0. The van der Waals surface area contributed by atoms with E-state index in [4.69, 9.17) is 9.47 Å². The number of hydrogen-bond acceptors (Lipinski definition) is 3. The van der Waals surface area contributed by atoms with Crippen molar-refractivity contribution in [1.29, 1.82) is 0 Å². The van der Waals surface area contributed by atoms with Crippen LogP contribution in [0.3, 0.4) is 0 Å².